The number of carbonyl (C=O) groups is 2. The summed E-state index contributed by atoms with van der Waals surface area (Å²) < 4.78 is 11.0. The molecule has 3 N–H and O–H groups in total. The summed E-state index contributed by atoms with van der Waals surface area (Å²) in [5, 5.41) is 25.1. The SMILES string of the molecule is CCc1cc(=O)oc2cc(C)cc(OCC(=O)N[C@H](Cc3c[nH]c4ccc(O)cc34)C(=O)[O-])c12. The number of phenols is 1. The molecule has 0 radical (unpaired) electrons. The van der Waals surface area contributed by atoms with Crippen LogP contribution in [0.25, 0.3) is 21.9 Å². The predicted octanol–water partition coefficient (Wildman–Crippen LogP) is 1.71. The molecule has 0 saturated carbocycles. The van der Waals surface area contributed by atoms with Gasteiger partial charge in [-0.15, -0.1) is 0 Å². The van der Waals surface area contributed by atoms with Crippen LogP contribution in [0.4, 0.5) is 0 Å². The van der Waals surface area contributed by atoms with Crippen LogP contribution in [0.2, 0.25) is 0 Å². The summed E-state index contributed by atoms with van der Waals surface area (Å²) in [6, 6.07) is 8.23. The van der Waals surface area contributed by atoms with Crippen molar-refractivity contribution in [3.05, 3.63) is 69.7 Å². The van der Waals surface area contributed by atoms with Crippen LogP contribution in [0.1, 0.15) is 23.6 Å². The van der Waals surface area contributed by atoms with Gasteiger partial charge in [0, 0.05) is 29.6 Å². The minimum Gasteiger partial charge on any atom is -0.548 e. The summed E-state index contributed by atoms with van der Waals surface area (Å²) in [6.07, 6.45) is 2.14. The van der Waals surface area contributed by atoms with E-state index in [4.69, 9.17) is 9.15 Å². The van der Waals surface area contributed by atoms with Crippen LogP contribution in [0.15, 0.2) is 51.8 Å². The number of fused-ring (bicyclic) bond motifs is 2. The maximum atomic E-state index is 12.6. The summed E-state index contributed by atoms with van der Waals surface area (Å²) in [5.74, 6) is -1.69. The van der Waals surface area contributed by atoms with E-state index in [1.165, 1.54) is 18.2 Å². The van der Waals surface area contributed by atoms with Crippen molar-refractivity contribution in [3.63, 3.8) is 0 Å². The van der Waals surface area contributed by atoms with Gasteiger partial charge in [-0.1, -0.05) is 6.92 Å². The molecule has 0 fully saturated rings. The number of hydrogen-bond donors (Lipinski definition) is 3. The number of aromatic amines is 1. The molecule has 0 aliphatic carbocycles. The van der Waals surface area contributed by atoms with E-state index in [0.29, 0.717) is 34.1 Å². The topological polar surface area (TPSA) is 145 Å². The molecule has 4 rings (SSSR count). The zero-order chi connectivity index (χ0) is 24.4. The molecular weight excluding hydrogens is 440 g/mol. The smallest absolute Gasteiger partial charge is 0.336 e. The fraction of sp³-hybridized carbons (Fsp3) is 0.240. The number of phenolic OH excluding ortho intramolecular Hbond substituents is 1. The van der Waals surface area contributed by atoms with E-state index in [1.807, 2.05) is 6.92 Å². The second-order valence-electron chi connectivity index (χ2n) is 8.06. The van der Waals surface area contributed by atoms with E-state index in [0.717, 1.165) is 16.6 Å². The Balaban J connectivity index is 1.51. The van der Waals surface area contributed by atoms with Crippen molar-refractivity contribution in [2.45, 2.75) is 32.7 Å². The quantitative estimate of drug-likeness (QED) is 0.337. The van der Waals surface area contributed by atoms with Crippen molar-refractivity contribution in [1.82, 2.24) is 10.3 Å². The third kappa shape index (κ3) is 4.73. The number of aryl methyl sites for hydroxylation is 2. The Hall–Kier alpha value is -4.27. The average molecular weight is 463 g/mol. The molecule has 34 heavy (non-hydrogen) atoms. The van der Waals surface area contributed by atoms with Crippen LogP contribution in [-0.4, -0.2) is 34.6 Å². The van der Waals surface area contributed by atoms with Crippen LogP contribution in [0.5, 0.6) is 11.5 Å². The number of carboxylic acid groups (broad SMARTS) is 1. The third-order valence-corrected chi connectivity index (χ3v) is 5.57. The third-order valence-electron chi connectivity index (χ3n) is 5.57. The Morgan fingerprint density at radius 2 is 2.00 bits per heavy atom. The van der Waals surface area contributed by atoms with Crippen molar-refractivity contribution in [1.29, 1.82) is 0 Å². The van der Waals surface area contributed by atoms with Crippen molar-refractivity contribution in [2.75, 3.05) is 6.61 Å². The Morgan fingerprint density at radius 3 is 2.74 bits per heavy atom. The molecule has 2 aromatic heterocycles. The van der Waals surface area contributed by atoms with Crippen LogP contribution in [0.3, 0.4) is 0 Å². The molecular formula is C25H23N2O7-. The first-order valence-electron chi connectivity index (χ1n) is 10.7. The number of hydrogen-bond acceptors (Lipinski definition) is 7. The highest BCUT2D eigenvalue weighted by atomic mass is 16.5. The van der Waals surface area contributed by atoms with Crippen molar-refractivity contribution < 1.29 is 29.0 Å². The molecule has 0 bridgehead atoms. The van der Waals surface area contributed by atoms with Crippen molar-refractivity contribution in [3.8, 4) is 11.5 Å². The highest BCUT2D eigenvalue weighted by molar-refractivity contribution is 5.89. The van der Waals surface area contributed by atoms with Gasteiger partial charge in [0.2, 0.25) is 0 Å². The Labute approximate surface area is 194 Å². The van der Waals surface area contributed by atoms with Crippen LogP contribution in [0, 0.1) is 6.92 Å². The molecule has 2 aromatic carbocycles. The molecule has 0 aliphatic rings. The first kappa shape index (κ1) is 22.9. The van der Waals surface area contributed by atoms with E-state index in [1.54, 1.807) is 31.3 Å². The number of rotatable bonds is 8. The first-order chi connectivity index (χ1) is 16.2. The van der Waals surface area contributed by atoms with Gasteiger partial charge in [-0.2, -0.15) is 0 Å². The van der Waals surface area contributed by atoms with Gasteiger partial charge in [0.1, 0.15) is 17.1 Å². The van der Waals surface area contributed by atoms with Crippen molar-refractivity contribution in [2.24, 2.45) is 0 Å². The number of carbonyl (C=O) groups excluding carboxylic acids is 2. The molecule has 9 heteroatoms. The normalized spacial score (nSPS) is 12.1. The maximum absolute atomic E-state index is 12.6. The second-order valence-corrected chi connectivity index (χ2v) is 8.06. The summed E-state index contributed by atoms with van der Waals surface area (Å²) >= 11 is 0. The Bertz CT molecular complexity index is 1450. The molecule has 0 saturated heterocycles. The molecule has 4 aromatic rings. The average Bonchev–Trinajstić information content (AvgIpc) is 3.17. The zero-order valence-electron chi connectivity index (χ0n) is 18.6. The number of aromatic nitrogens is 1. The van der Waals surface area contributed by atoms with E-state index < -0.39 is 30.2 Å². The summed E-state index contributed by atoms with van der Waals surface area (Å²) in [5.41, 5.74) is 2.71. The fourth-order valence-corrected chi connectivity index (χ4v) is 3.99. The maximum Gasteiger partial charge on any atom is 0.336 e. The number of benzene rings is 2. The van der Waals surface area contributed by atoms with Crippen molar-refractivity contribution >= 4 is 33.7 Å². The van der Waals surface area contributed by atoms with Gasteiger partial charge in [-0.3, -0.25) is 4.79 Å². The van der Waals surface area contributed by atoms with E-state index >= 15 is 0 Å². The lowest BCUT2D eigenvalue weighted by molar-refractivity contribution is -0.308. The van der Waals surface area contributed by atoms with Gasteiger partial charge in [-0.25, -0.2) is 4.79 Å². The van der Waals surface area contributed by atoms with Gasteiger partial charge < -0.3 is 34.5 Å². The lowest BCUT2D eigenvalue weighted by Gasteiger charge is -2.20. The zero-order valence-corrected chi connectivity index (χ0v) is 18.6. The number of aliphatic carboxylic acids is 1. The molecule has 1 atom stereocenters. The lowest BCUT2D eigenvalue weighted by Crippen LogP contribution is -2.50. The number of H-pyrrole nitrogens is 1. The monoisotopic (exact) mass is 463 g/mol. The Kier molecular flexibility index (Phi) is 6.27. The largest absolute Gasteiger partial charge is 0.548 e. The van der Waals surface area contributed by atoms with Gasteiger partial charge in [-0.05, 0) is 60.4 Å². The second kappa shape index (κ2) is 9.30. The minimum absolute atomic E-state index is 0.0449. The summed E-state index contributed by atoms with van der Waals surface area (Å²) in [7, 11) is 0. The van der Waals surface area contributed by atoms with Crippen LogP contribution in [-0.2, 0) is 22.4 Å². The van der Waals surface area contributed by atoms with E-state index in [9.17, 15) is 24.6 Å². The molecule has 0 spiro atoms. The number of amides is 1. The molecule has 9 nitrogen and oxygen atoms in total. The van der Waals surface area contributed by atoms with Gasteiger partial charge >= 0.3 is 5.63 Å². The molecule has 0 aliphatic heterocycles. The molecule has 1 amide bonds. The number of ether oxygens (including phenoxy) is 1. The standard InChI is InChI=1S/C25H24N2O7/c1-3-14-9-23(30)34-21-7-13(2)6-20(24(14)21)33-12-22(29)27-19(25(31)32)8-15-11-26-18-5-4-16(28)10-17(15)18/h4-7,9-11,19,26,28H,3,8,12H2,1-2H3,(H,27,29)(H,31,32)/p-1/t19-/m1/s1. The number of aromatic hydroxyl groups is 1. The summed E-state index contributed by atoms with van der Waals surface area (Å²) in [6.45, 7) is 3.24. The van der Waals surface area contributed by atoms with Gasteiger partial charge in [0.15, 0.2) is 6.61 Å². The predicted molar refractivity (Wildman–Crippen MR) is 123 cm³/mol. The van der Waals surface area contributed by atoms with E-state index in [-0.39, 0.29) is 12.2 Å². The van der Waals surface area contributed by atoms with Crippen LogP contribution >= 0.6 is 0 Å². The van der Waals surface area contributed by atoms with Gasteiger partial charge in [0.05, 0.1) is 17.4 Å². The van der Waals surface area contributed by atoms with E-state index in [2.05, 4.69) is 10.3 Å². The van der Waals surface area contributed by atoms with Crippen LogP contribution < -0.4 is 20.8 Å². The fourth-order valence-electron chi connectivity index (χ4n) is 3.99. The highest BCUT2D eigenvalue weighted by Crippen LogP contribution is 2.30. The van der Waals surface area contributed by atoms with Gasteiger partial charge in [0.25, 0.3) is 5.91 Å². The number of carboxylic acids is 1. The molecule has 2 heterocycles. The molecule has 0 unspecified atom stereocenters. The molecule has 176 valence electrons. The Morgan fingerprint density at radius 1 is 1.21 bits per heavy atom. The highest BCUT2D eigenvalue weighted by Gasteiger charge is 2.18. The first-order valence-corrected chi connectivity index (χ1v) is 10.7. The minimum atomic E-state index is -1.45. The lowest BCUT2D eigenvalue weighted by atomic mass is 10.0. The number of nitrogens with one attached hydrogen (secondary N) is 2. The summed E-state index contributed by atoms with van der Waals surface area (Å²) in [4.78, 5) is 39.1.